The number of pyridine rings is 1. The van der Waals surface area contributed by atoms with Crippen LogP contribution in [0.2, 0.25) is 5.02 Å². The number of methoxy groups -OCH3 is 2. The van der Waals surface area contributed by atoms with E-state index in [4.69, 9.17) is 21.1 Å². The minimum atomic E-state index is -0.495. The standard InChI is InChI=1S/C22H21ClN2O4/c1-28-12-11-25(14-21(26)29-2)22(27)18-13-20(15-7-9-16(23)10-8-15)24-19-6-4-3-5-17(18)19/h3-10,13H,11-12,14H2,1-2H3. The molecule has 0 N–H and O–H groups in total. The molecule has 2 aromatic carbocycles. The largest absolute Gasteiger partial charge is 0.468 e. The quantitative estimate of drug-likeness (QED) is 0.552. The molecule has 0 aliphatic carbocycles. The van der Waals surface area contributed by atoms with Crippen molar-refractivity contribution in [3.63, 3.8) is 0 Å². The first-order valence-electron chi connectivity index (χ1n) is 9.04. The Morgan fingerprint density at radius 1 is 1.07 bits per heavy atom. The molecule has 7 heteroatoms. The first kappa shape index (κ1) is 20.8. The molecule has 1 aromatic heterocycles. The normalized spacial score (nSPS) is 10.7. The Balaban J connectivity index is 2.08. The van der Waals surface area contributed by atoms with Gasteiger partial charge in [-0.1, -0.05) is 41.9 Å². The van der Waals surface area contributed by atoms with Gasteiger partial charge in [0, 0.05) is 29.6 Å². The molecule has 3 rings (SSSR count). The number of para-hydroxylation sites is 1. The van der Waals surface area contributed by atoms with E-state index >= 15 is 0 Å². The van der Waals surface area contributed by atoms with Gasteiger partial charge >= 0.3 is 5.97 Å². The van der Waals surface area contributed by atoms with Crippen molar-refractivity contribution in [1.82, 2.24) is 9.88 Å². The van der Waals surface area contributed by atoms with Crippen molar-refractivity contribution in [2.24, 2.45) is 0 Å². The summed E-state index contributed by atoms with van der Waals surface area (Å²) in [6, 6.07) is 16.4. The van der Waals surface area contributed by atoms with Crippen molar-refractivity contribution >= 4 is 34.4 Å². The lowest BCUT2D eigenvalue weighted by Crippen LogP contribution is -2.38. The van der Waals surface area contributed by atoms with Crippen LogP contribution in [0.3, 0.4) is 0 Å². The van der Waals surface area contributed by atoms with Gasteiger partial charge in [0.25, 0.3) is 5.91 Å². The molecule has 6 nitrogen and oxygen atoms in total. The van der Waals surface area contributed by atoms with E-state index in [2.05, 4.69) is 4.98 Å². The molecule has 1 heterocycles. The van der Waals surface area contributed by atoms with Gasteiger partial charge in [0.15, 0.2) is 0 Å². The Kier molecular flexibility index (Phi) is 6.80. The Morgan fingerprint density at radius 2 is 1.79 bits per heavy atom. The number of carbonyl (C=O) groups excluding carboxylic acids is 2. The predicted molar refractivity (Wildman–Crippen MR) is 112 cm³/mol. The van der Waals surface area contributed by atoms with Gasteiger partial charge in [0.05, 0.1) is 30.5 Å². The van der Waals surface area contributed by atoms with Crippen molar-refractivity contribution in [2.45, 2.75) is 0 Å². The highest BCUT2D eigenvalue weighted by Gasteiger charge is 2.22. The number of aromatic nitrogens is 1. The molecule has 0 unspecified atom stereocenters. The van der Waals surface area contributed by atoms with Crippen LogP contribution in [-0.4, -0.2) is 55.7 Å². The van der Waals surface area contributed by atoms with Crippen molar-refractivity contribution in [3.05, 3.63) is 65.2 Å². The number of ether oxygens (including phenoxy) is 2. The SMILES string of the molecule is COCCN(CC(=O)OC)C(=O)c1cc(-c2ccc(Cl)cc2)nc2ccccc12. The van der Waals surface area contributed by atoms with Crippen LogP contribution in [0.15, 0.2) is 54.6 Å². The average Bonchev–Trinajstić information content (AvgIpc) is 2.75. The summed E-state index contributed by atoms with van der Waals surface area (Å²) in [6.45, 7) is 0.402. The molecule has 29 heavy (non-hydrogen) atoms. The number of amides is 1. The Hall–Kier alpha value is -2.96. The monoisotopic (exact) mass is 412 g/mol. The average molecular weight is 413 g/mol. The Bertz CT molecular complexity index is 1020. The van der Waals surface area contributed by atoms with Gasteiger partial charge in [-0.25, -0.2) is 4.98 Å². The highest BCUT2D eigenvalue weighted by Crippen LogP contribution is 2.26. The third kappa shape index (κ3) is 4.91. The summed E-state index contributed by atoms with van der Waals surface area (Å²) in [5.74, 6) is -0.785. The van der Waals surface area contributed by atoms with Gasteiger partial charge < -0.3 is 14.4 Å². The zero-order valence-corrected chi connectivity index (χ0v) is 17.0. The van der Waals surface area contributed by atoms with Gasteiger partial charge in [-0.05, 0) is 24.3 Å². The fourth-order valence-electron chi connectivity index (χ4n) is 2.97. The van der Waals surface area contributed by atoms with Crippen LogP contribution in [0.5, 0.6) is 0 Å². The maximum atomic E-state index is 13.4. The summed E-state index contributed by atoms with van der Waals surface area (Å²) in [7, 11) is 2.84. The van der Waals surface area contributed by atoms with Gasteiger partial charge in [0.2, 0.25) is 0 Å². The second-order valence-corrected chi connectivity index (χ2v) is 6.81. The van der Waals surface area contributed by atoms with E-state index in [-0.39, 0.29) is 19.0 Å². The van der Waals surface area contributed by atoms with Crippen LogP contribution in [0.1, 0.15) is 10.4 Å². The molecule has 3 aromatic rings. The fraction of sp³-hybridized carbons (Fsp3) is 0.227. The van der Waals surface area contributed by atoms with E-state index in [1.54, 1.807) is 25.3 Å². The van der Waals surface area contributed by atoms with Gasteiger partial charge in [-0.2, -0.15) is 0 Å². The molecule has 0 spiro atoms. The summed E-state index contributed by atoms with van der Waals surface area (Å²) < 4.78 is 9.83. The molecule has 0 saturated carbocycles. The molecule has 0 radical (unpaired) electrons. The van der Waals surface area contributed by atoms with Crippen LogP contribution >= 0.6 is 11.6 Å². The summed E-state index contributed by atoms with van der Waals surface area (Å²) >= 11 is 5.99. The number of benzene rings is 2. The molecule has 150 valence electrons. The lowest BCUT2D eigenvalue weighted by molar-refractivity contribution is -0.141. The maximum absolute atomic E-state index is 13.4. The first-order chi connectivity index (χ1) is 14.0. The number of hydrogen-bond donors (Lipinski definition) is 0. The summed E-state index contributed by atoms with van der Waals surface area (Å²) in [5, 5.41) is 1.33. The van der Waals surface area contributed by atoms with E-state index in [9.17, 15) is 9.59 Å². The second-order valence-electron chi connectivity index (χ2n) is 6.37. The zero-order valence-electron chi connectivity index (χ0n) is 16.2. The molecular weight excluding hydrogens is 392 g/mol. The number of hydrogen-bond acceptors (Lipinski definition) is 5. The lowest BCUT2D eigenvalue weighted by Gasteiger charge is -2.22. The van der Waals surface area contributed by atoms with Crippen molar-refractivity contribution in [2.75, 3.05) is 33.9 Å². The zero-order chi connectivity index (χ0) is 20.8. The smallest absolute Gasteiger partial charge is 0.325 e. The number of carbonyl (C=O) groups is 2. The molecule has 0 atom stereocenters. The number of halogens is 1. The fourth-order valence-corrected chi connectivity index (χ4v) is 3.09. The highest BCUT2D eigenvalue weighted by atomic mass is 35.5. The second kappa shape index (κ2) is 9.49. The van der Waals surface area contributed by atoms with Crippen molar-refractivity contribution in [3.8, 4) is 11.3 Å². The topological polar surface area (TPSA) is 68.7 Å². The predicted octanol–water partition coefficient (Wildman–Crippen LogP) is 3.82. The van der Waals surface area contributed by atoms with Crippen LogP contribution in [-0.2, 0) is 14.3 Å². The van der Waals surface area contributed by atoms with Crippen molar-refractivity contribution in [1.29, 1.82) is 0 Å². The van der Waals surface area contributed by atoms with Gasteiger partial charge in [-0.3, -0.25) is 9.59 Å². The van der Waals surface area contributed by atoms with E-state index in [0.717, 1.165) is 5.56 Å². The van der Waals surface area contributed by atoms with Gasteiger partial charge in [0.1, 0.15) is 6.54 Å². The third-order valence-electron chi connectivity index (χ3n) is 4.49. The number of esters is 1. The first-order valence-corrected chi connectivity index (χ1v) is 9.42. The molecule has 1 amide bonds. The lowest BCUT2D eigenvalue weighted by atomic mass is 10.0. The maximum Gasteiger partial charge on any atom is 0.325 e. The van der Waals surface area contributed by atoms with Crippen LogP contribution in [0.4, 0.5) is 0 Å². The van der Waals surface area contributed by atoms with Crippen molar-refractivity contribution < 1.29 is 19.1 Å². The molecule has 0 saturated heterocycles. The molecular formula is C22H21ClN2O4. The van der Waals surface area contributed by atoms with E-state index in [0.29, 0.717) is 33.8 Å². The molecule has 0 fully saturated rings. The molecule has 0 aliphatic heterocycles. The van der Waals surface area contributed by atoms with E-state index in [1.807, 2.05) is 36.4 Å². The summed E-state index contributed by atoms with van der Waals surface area (Å²) in [4.78, 5) is 31.3. The van der Waals surface area contributed by atoms with E-state index in [1.165, 1.54) is 12.0 Å². The Morgan fingerprint density at radius 3 is 2.48 bits per heavy atom. The van der Waals surface area contributed by atoms with E-state index < -0.39 is 5.97 Å². The third-order valence-corrected chi connectivity index (χ3v) is 4.74. The molecule has 0 bridgehead atoms. The van der Waals surface area contributed by atoms with Crippen LogP contribution in [0.25, 0.3) is 22.2 Å². The number of nitrogens with zero attached hydrogens (tertiary/aromatic N) is 2. The molecule has 0 aliphatic rings. The highest BCUT2D eigenvalue weighted by molar-refractivity contribution is 6.30. The minimum absolute atomic E-state index is 0.161. The number of fused-ring (bicyclic) bond motifs is 1. The minimum Gasteiger partial charge on any atom is -0.468 e. The van der Waals surface area contributed by atoms with Crippen LogP contribution < -0.4 is 0 Å². The van der Waals surface area contributed by atoms with Crippen LogP contribution in [0, 0.1) is 0 Å². The Labute approximate surface area is 174 Å². The number of rotatable bonds is 7. The summed E-state index contributed by atoms with van der Waals surface area (Å²) in [5.41, 5.74) is 2.63. The summed E-state index contributed by atoms with van der Waals surface area (Å²) in [6.07, 6.45) is 0. The van der Waals surface area contributed by atoms with Gasteiger partial charge in [-0.15, -0.1) is 0 Å².